The molecule has 0 spiro atoms. The third-order valence-electron chi connectivity index (χ3n) is 6.11. The van der Waals surface area contributed by atoms with Gasteiger partial charge in [-0.1, -0.05) is 20.8 Å². The van der Waals surface area contributed by atoms with Crippen LogP contribution >= 0.6 is 0 Å². The van der Waals surface area contributed by atoms with Gasteiger partial charge in [0.2, 0.25) is 11.8 Å². The summed E-state index contributed by atoms with van der Waals surface area (Å²) in [4.78, 5) is 62.8. The van der Waals surface area contributed by atoms with Gasteiger partial charge in [-0.25, -0.2) is 0 Å². The number of amides is 3. The van der Waals surface area contributed by atoms with Crippen molar-refractivity contribution in [2.45, 2.75) is 65.6 Å². The minimum Gasteiger partial charge on any atom is -0.507 e. The van der Waals surface area contributed by atoms with Gasteiger partial charge in [0.25, 0.3) is 5.91 Å². The van der Waals surface area contributed by atoms with Crippen LogP contribution in [0.25, 0.3) is 0 Å². The first-order valence-corrected chi connectivity index (χ1v) is 11.3. The Bertz CT molecular complexity index is 952. The number of hydrogen-bond acceptors (Lipinski definition) is 6. The van der Waals surface area contributed by atoms with Crippen molar-refractivity contribution in [3.8, 4) is 5.75 Å². The van der Waals surface area contributed by atoms with Crippen molar-refractivity contribution in [3.63, 3.8) is 0 Å². The number of phenolic OH excluding ortho intramolecular Hbond substituents is 1. The second-order valence-electron chi connectivity index (χ2n) is 9.25. The molecule has 0 bridgehead atoms. The van der Waals surface area contributed by atoms with E-state index in [1.165, 1.54) is 17.0 Å². The lowest BCUT2D eigenvalue weighted by atomic mass is 9.98. The zero-order valence-corrected chi connectivity index (χ0v) is 20.1. The van der Waals surface area contributed by atoms with Crippen LogP contribution in [0.3, 0.4) is 0 Å². The van der Waals surface area contributed by atoms with E-state index >= 15 is 0 Å². The molecule has 0 aromatic heterocycles. The number of benzene rings is 1. The zero-order chi connectivity index (χ0) is 25.7. The van der Waals surface area contributed by atoms with Crippen LogP contribution < -0.4 is 10.6 Å². The van der Waals surface area contributed by atoms with E-state index in [-0.39, 0.29) is 17.6 Å². The van der Waals surface area contributed by atoms with E-state index in [2.05, 4.69) is 10.6 Å². The highest BCUT2D eigenvalue weighted by Crippen LogP contribution is 2.27. The van der Waals surface area contributed by atoms with Gasteiger partial charge in [-0.2, -0.15) is 0 Å². The topological polar surface area (TPSA) is 153 Å². The van der Waals surface area contributed by atoms with Gasteiger partial charge in [-0.15, -0.1) is 0 Å². The number of carbonyl (C=O) groups excluding carboxylic acids is 4. The lowest BCUT2D eigenvalue weighted by Gasteiger charge is -2.32. The molecule has 1 fully saturated rings. The molecule has 2 rings (SSSR count). The van der Waals surface area contributed by atoms with Gasteiger partial charge in [0.05, 0.1) is 12.5 Å². The third kappa shape index (κ3) is 6.12. The molecule has 0 saturated carbocycles. The van der Waals surface area contributed by atoms with Crippen molar-refractivity contribution in [1.82, 2.24) is 15.5 Å². The highest BCUT2D eigenvalue weighted by molar-refractivity contribution is 5.99. The number of nitrogens with zero attached hydrogens (tertiary/aromatic N) is 1. The molecule has 34 heavy (non-hydrogen) atoms. The summed E-state index contributed by atoms with van der Waals surface area (Å²) in [5.74, 6) is -3.14. The number of aryl methyl sites for hydroxylation is 2. The summed E-state index contributed by atoms with van der Waals surface area (Å²) in [6.07, 6.45) is 0.348. The molecule has 1 heterocycles. The van der Waals surface area contributed by atoms with Crippen LogP contribution in [0.2, 0.25) is 0 Å². The molecule has 0 unspecified atom stereocenters. The Morgan fingerprint density at radius 2 is 1.74 bits per heavy atom. The summed E-state index contributed by atoms with van der Waals surface area (Å²) in [5.41, 5.74) is 1.38. The van der Waals surface area contributed by atoms with E-state index in [4.69, 9.17) is 5.11 Å². The van der Waals surface area contributed by atoms with Crippen LogP contribution in [-0.4, -0.2) is 69.8 Å². The number of aldehydes is 1. The zero-order valence-electron chi connectivity index (χ0n) is 20.1. The number of rotatable bonds is 9. The van der Waals surface area contributed by atoms with E-state index in [0.717, 1.165) is 0 Å². The van der Waals surface area contributed by atoms with Crippen LogP contribution in [0, 0.1) is 25.7 Å². The third-order valence-corrected chi connectivity index (χ3v) is 6.11. The van der Waals surface area contributed by atoms with Crippen LogP contribution in [0.15, 0.2) is 12.1 Å². The SMILES string of the molecule is Cc1cc(C(=O)N[C@H](C(=O)N2CC[C@H](C)[C@H]2C(=O)N[C@H](C=O)CC(=O)O)C(C)C)cc(C)c1O. The molecule has 1 aliphatic heterocycles. The Morgan fingerprint density at radius 3 is 2.24 bits per heavy atom. The fourth-order valence-corrected chi connectivity index (χ4v) is 4.19. The summed E-state index contributed by atoms with van der Waals surface area (Å²) < 4.78 is 0. The maximum atomic E-state index is 13.5. The predicted octanol–water partition coefficient (Wildman–Crippen LogP) is 1.16. The first kappa shape index (κ1) is 26.8. The molecular weight excluding hydrogens is 442 g/mol. The molecule has 4 atom stereocenters. The summed E-state index contributed by atoms with van der Waals surface area (Å²) in [6.45, 7) is 9.00. The molecule has 1 aliphatic rings. The number of likely N-dealkylation sites (tertiary alicyclic amines) is 1. The predicted molar refractivity (Wildman–Crippen MR) is 123 cm³/mol. The van der Waals surface area contributed by atoms with Gasteiger partial charge in [0.15, 0.2) is 0 Å². The van der Waals surface area contributed by atoms with Crippen molar-refractivity contribution >= 4 is 30.0 Å². The van der Waals surface area contributed by atoms with Gasteiger partial charge in [0, 0.05) is 12.1 Å². The first-order chi connectivity index (χ1) is 15.9. The number of nitrogens with one attached hydrogen (secondary N) is 2. The molecule has 186 valence electrons. The minimum atomic E-state index is -1.23. The van der Waals surface area contributed by atoms with Crippen molar-refractivity contribution in [2.75, 3.05) is 6.54 Å². The van der Waals surface area contributed by atoms with Gasteiger partial charge in [-0.05, 0) is 55.4 Å². The van der Waals surface area contributed by atoms with E-state index in [1.54, 1.807) is 34.6 Å². The van der Waals surface area contributed by atoms with Crippen molar-refractivity contribution in [1.29, 1.82) is 0 Å². The Morgan fingerprint density at radius 1 is 1.15 bits per heavy atom. The average Bonchev–Trinajstić information content (AvgIpc) is 3.15. The highest BCUT2D eigenvalue weighted by Gasteiger charge is 2.43. The van der Waals surface area contributed by atoms with Crippen LogP contribution in [-0.2, 0) is 19.2 Å². The monoisotopic (exact) mass is 475 g/mol. The minimum absolute atomic E-state index is 0.101. The van der Waals surface area contributed by atoms with Crippen molar-refractivity contribution in [3.05, 3.63) is 28.8 Å². The number of hydrogen-bond donors (Lipinski definition) is 4. The number of carbonyl (C=O) groups is 5. The van der Waals surface area contributed by atoms with E-state index < -0.39 is 48.2 Å². The molecule has 1 aromatic carbocycles. The molecule has 10 heteroatoms. The van der Waals surface area contributed by atoms with Gasteiger partial charge in [0.1, 0.15) is 24.1 Å². The number of aliphatic carboxylic acids is 1. The molecular formula is C24H33N3O7. The van der Waals surface area contributed by atoms with Gasteiger partial charge < -0.3 is 30.5 Å². The second kappa shape index (κ2) is 11.1. The van der Waals surface area contributed by atoms with Gasteiger partial charge in [-0.3, -0.25) is 19.2 Å². The van der Waals surface area contributed by atoms with Crippen LogP contribution in [0.4, 0.5) is 0 Å². The first-order valence-electron chi connectivity index (χ1n) is 11.3. The highest BCUT2D eigenvalue weighted by atomic mass is 16.4. The maximum absolute atomic E-state index is 13.5. The molecule has 4 N–H and O–H groups in total. The normalized spacial score (nSPS) is 19.4. The van der Waals surface area contributed by atoms with E-state index in [0.29, 0.717) is 35.9 Å². The van der Waals surface area contributed by atoms with Gasteiger partial charge >= 0.3 is 5.97 Å². The van der Waals surface area contributed by atoms with E-state index in [1.807, 2.05) is 0 Å². The second-order valence-corrected chi connectivity index (χ2v) is 9.25. The molecule has 1 saturated heterocycles. The number of aromatic hydroxyl groups is 1. The molecule has 0 radical (unpaired) electrons. The van der Waals surface area contributed by atoms with Crippen LogP contribution in [0.1, 0.15) is 55.1 Å². The number of carboxylic acids is 1. The lowest BCUT2D eigenvalue weighted by molar-refractivity contribution is -0.143. The fraction of sp³-hybridized carbons (Fsp3) is 0.542. The Balaban J connectivity index is 2.23. The lowest BCUT2D eigenvalue weighted by Crippen LogP contribution is -2.57. The summed E-state index contributed by atoms with van der Waals surface area (Å²) >= 11 is 0. The van der Waals surface area contributed by atoms with Crippen molar-refractivity contribution < 1.29 is 34.2 Å². The maximum Gasteiger partial charge on any atom is 0.305 e. The van der Waals surface area contributed by atoms with E-state index in [9.17, 15) is 29.1 Å². The summed E-state index contributed by atoms with van der Waals surface area (Å²) in [6, 6.07) is 0.0747. The quantitative estimate of drug-likeness (QED) is 0.391. The molecule has 10 nitrogen and oxygen atoms in total. The molecule has 1 aromatic rings. The molecule has 0 aliphatic carbocycles. The average molecular weight is 476 g/mol. The smallest absolute Gasteiger partial charge is 0.305 e. The molecule has 3 amide bonds. The largest absolute Gasteiger partial charge is 0.507 e. The summed E-state index contributed by atoms with van der Waals surface area (Å²) in [7, 11) is 0. The summed E-state index contributed by atoms with van der Waals surface area (Å²) in [5, 5.41) is 24.1. The Labute approximate surface area is 198 Å². The Kier molecular flexibility index (Phi) is 8.78. The Hall–Kier alpha value is -3.43. The van der Waals surface area contributed by atoms with Crippen molar-refractivity contribution in [2.24, 2.45) is 11.8 Å². The fourth-order valence-electron chi connectivity index (χ4n) is 4.19. The standard InChI is InChI=1S/C24H33N3O7/c1-12(2)19(26-22(32)16-8-14(4)21(31)15(5)9-16)24(34)27-7-6-13(3)20(27)23(33)25-17(11-28)10-18(29)30/h8-9,11-13,17,19-20,31H,6-7,10H2,1-5H3,(H,25,33)(H,26,32)(H,29,30)/t13-,17-,19-,20-/m0/s1. The number of phenols is 1. The number of carboxylic acid groups (broad SMARTS) is 1. The van der Waals surface area contributed by atoms with Crippen LogP contribution in [0.5, 0.6) is 5.75 Å².